The molecule has 0 fully saturated rings. The minimum Gasteiger partial charge on any atom is -0.348 e. The molecular weight excluding hydrogens is 416 g/mol. The lowest BCUT2D eigenvalue weighted by Crippen LogP contribution is -2.41. The number of carbonyl (C=O) groups is 1. The monoisotopic (exact) mass is 438 g/mol. The number of benzene rings is 2. The Morgan fingerprint density at radius 2 is 1.77 bits per heavy atom. The van der Waals surface area contributed by atoms with Crippen LogP contribution < -0.4 is 9.62 Å². The zero-order valence-electron chi connectivity index (χ0n) is 15.3. The summed E-state index contributed by atoms with van der Waals surface area (Å²) in [6.07, 6.45) is 1.09. The van der Waals surface area contributed by atoms with E-state index < -0.39 is 10.0 Å². The number of aryl methyl sites for hydroxylation is 2. The van der Waals surface area contributed by atoms with Gasteiger partial charge in [0.1, 0.15) is 6.54 Å². The number of halogens is 1. The van der Waals surface area contributed by atoms with Crippen molar-refractivity contribution in [2.24, 2.45) is 0 Å². The number of nitrogens with zero attached hydrogens (tertiary/aromatic N) is 1. The van der Waals surface area contributed by atoms with Crippen LogP contribution in [0.25, 0.3) is 0 Å². The van der Waals surface area contributed by atoms with Gasteiger partial charge in [-0.25, -0.2) is 8.42 Å². The van der Waals surface area contributed by atoms with Crippen molar-refractivity contribution in [2.75, 3.05) is 17.1 Å². The van der Waals surface area contributed by atoms with Crippen LogP contribution in [-0.2, 0) is 14.8 Å². The second kappa shape index (κ2) is 8.22. The van der Waals surface area contributed by atoms with E-state index in [4.69, 9.17) is 0 Å². The van der Waals surface area contributed by atoms with Crippen molar-refractivity contribution in [3.63, 3.8) is 0 Å². The number of sulfonamides is 1. The van der Waals surface area contributed by atoms with Gasteiger partial charge in [0.25, 0.3) is 0 Å². The Hall–Kier alpha value is -1.86. The predicted octanol–water partition coefficient (Wildman–Crippen LogP) is 3.71. The maximum Gasteiger partial charge on any atom is 0.241 e. The lowest BCUT2D eigenvalue weighted by Gasteiger charge is -2.24. The third-order valence-corrected chi connectivity index (χ3v) is 5.74. The first-order chi connectivity index (χ1) is 12.1. The highest BCUT2D eigenvalue weighted by molar-refractivity contribution is 9.10. The van der Waals surface area contributed by atoms with E-state index in [1.54, 1.807) is 24.3 Å². The Morgan fingerprint density at radius 1 is 1.15 bits per heavy atom. The normalized spacial score (nSPS) is 12.5. The summed E-state index contributed by atoms with van der Waals surface area (Å²) >= 11 is 3.32. The number of hydrogen-bond donors (Lipinski definition) is 1. The highest BCUT2D eigenvalue weighted by Gasteiger charge is 2.22. The molecule has 2 aromatic rings. The van der Waals surface area contributed by atoms with E-state index in [2.05, 4.69) is 27.3 Å². The highest BCUT2D eigenvalue weighted by Crippen LogP contribution is 2.21. The molecule has 0 unspecified atom stereocenters. The molecule has 0 radical (unpaired) electrons. The van der Waals surface area contributed by atoms with E-state index in [0.717, 1.165) is 31.7 Å². The number of anilines is 1. The summed E-state index contributed by atoms with van der Waals surface area (Å²) < 4.78 is 26.2. The van der Waals surface area contributed by atoms with Crippen molar-refractivity contribution in [3.05, 3.63) is 63.6 Å². The van der Waals surface area contributed by atoms with Crippen molar-refractivity contribution < 1.29 is 13.2 Å². The number of nitrogens with one attached hydrogen (secondary N) is 1. The maximum atomic E-state index is 12.5. The fourth-order valence-electron chi connectivity index (χ4n) is 2.81. The first-order valence-electron chi connectivity index (χ1n) is 8.17. The van der Waals surface area contributed by atoms with Crippen LogP contribution in [0.1, 0.15) is 29.7 Å². The van der Waals surface area contributed by atoms with Gasteiger partial charge in [0.15, 0.2) is 0 Å². The van der Waals surface area contributed by atoms with Crippen LogP contribution in [0.4, 0.5) is 5.69 Å². The highest BCUT2D eigenvalue weighted by atomic mass is 79.9. The molecule has 0 aliphatic heterocycles. The summed E-state index contributed by atoms with van der Waals surface area (Å²) in [6.45, 7) is 5.63. The second-order valence-corrected chi connectivity index (χ2v) is 9.22. The molecule has 140 valence electrons. The fourth-order valence-corrected chi connectivity index (χ4v) is 3.93. The van der Waals surface area contributed by atoms with Gasteiger partial charge in [-0.1, -0.05) is 39.7 Å². The summed E-state index contributed by atoms with van der Waals surface area (Å²) in [7, 11) is -3.58. The molecule has 0 heterocycles. The van der Waals surface area contributed by atoms with E-state index >= 15 is 0 Å². The van der Waals surface area contributed by atoms with Crippen molar-refractivity contribution in [1.82, 2.24) is 5.32 Å². The molecule has 0 aromatic heterocycles. The SMILES string of the molecule is Cc1ccc([C@H](C)NC(=O)CN(c2ccc(Br)cc2)S(C)(=O)=O)c(C)c1. The average Bonchev–Trinajstić information content (AvgIpc) is 2.52. The topological polar surface area (TPSA) is 66.5 Å². The van der Waals surface area contributed by atoms with Gasteiger partial charge in [0.2, 0.25) is 15.9 Å². The van der Waals surface area contributed by atoms with Crippen LogP contribution in [-0.4, -0.2) is 27.1 Å². The molecule has 2 aromatic carbocycles. The van der Waals surface area contributed by atoms with Gasteiger partial charge >= 0.3 is 0 Å². The van der Waals surface area contributed by atoms with E-state index in [0.29, 0.717) is 5.69 Å². The molecule has 2 rings (SSSR count). The van der Waals surface area contributed by atoms with Crippen LogP contribution in [0.5, 0.6) is 0 Å². The third kappa shape index (κ3) is 5.32. The van der Waals surface area contributed by atoms with Gasteiger partial charge in [-0.05, 0) is 56.2 Å². The van der Waals surface area contributed by atoms with Gasteiger partial charge in [-0.15, -0.1) is 0 Å². The second-order valence-electron chi connectivity index (χ2n) is 6.40. The lowest BCUT2D eigenvalue weighted by molar-refractivity contribution is -0.120. The number of rotatable bonds is 6. The Morgan fingerprint density at radius 3 is 2.31 bits per heavy atom. The molecule has 0 aliphatic carbocycles. The molecule has 0 saturated heterocycles. The largest absolute Gasteiger partial charge is 0.348 e. The average molecular weight is 439 g/mol. The van der Waals surface area contributed by atoms with Crippen LogP contribution >= 0.6 is 15.9 Å². The summed E-state index contributed by atoms with van der Waals surface area (Å²) in [5.74, 6) is -0.356. The predicted molar refractivity (Wildman–Crippen MR) is 109 cm³/mol. The third-order valence-electron chi connectivity index (χ3n) is 4.07. The zero-order valence-corrected chi connectivity index (χ0v) is 17.7. The molecule has 0 bridgehead atoms. The molecule has 7 heteroatoms. The van der Waals surface area contributed by atoms with Gasteiger partial charge < -0.3 is 5.32 Å². The first-order valence-corrected chi connectivity index (χ1v) is 10.8. The maximum absolute atomic E-state index is 12.5. The molecule has 1 N–H and O–H groups in total. The van der Waals surface area contributed by atoms with Gasteiger partial charge in [-0.2, -0.15) is 0 Å². The van der Waals surface area contributed by atoms with Crippen molar-refractivity contribution in [2.45, 2.75) is 26.8 Å². The summed E-state index contributed by atoms with van der Waals surface area (Å²) in [5.41, 5.74) is 3.71. The number of carbonyl (C=O) groups excluding carboxylic acids is 1. The molecule has 5 nitrogen and oxygen atoms in total. The Labute approximate surface area is 163 Å². The Bertz CT molecular complexity index is 896. The van der Waals surface area contributed by atoms with Crippen molar-refractivity contribution in [1.29, 1.82) is 0 Å². The summed E-state index contributed by atoms with van der Waals surface area (Å²) in [5, 5.41) is 2.89. The number of amides is 1. The molecule has 0 aliphatic rings. The fraction of sp³-hybridized carbons (Fsp3) is 0.316. The molecular formula is C19H23BrN2O3S. The van der Waals surface area contributed by atoms with Gasteiger partial charge in [0, 0.05) is 4.47 Å². The van der Waals surface area contributed by atoms with Crippen molar-refractivity contribution >= 4 is 37.5 Å². The van der Waals surface area contributed by atoms with E-state index in [-0.39, 0.29) is 18.5 Å². The van der Waals surface area contributed by atoms with Crippen LogP contribution in [0, 0.1) is 13.8 Å². The van der Waals surface area contributed by atoms with Gasteiger partial charge in [0.05, 0.1) is 18.0 Å². The molecule has 0 saturated carbocycles. The minimum absolute atomic E-state index is 0.213. The zero-order chi connectivity index (χ0) is 19.5. The van der Waals surface area contributed by atoms with E-state index in [1.165, 1.54) is 0 Å². The van der Waals surface area contributed by atoms with E-state index in [1.807, 2.05) is 32.9 Å². The quantitative estimate of drug-likeness (QED) is 0.747. The Kier molecular flexibility index (Phi) is 6.47. The molecule has 1 atom stereocenters. The first kappa shape index (κ1) is 20.5. The summed E-state index contributed by atoms with van der Waals surface area (Å²) in [4.78, 5) is 12.5. The van der Waals surface area contributed by atoms with Gasteiger partial charge in [-0.3, -0.25) is 9.10 Å². The van der Waals surface area contributed by atoms with Crippen LogP contribution in [0.2, 0.25) is 0 Å². The molecule has 0 spiro atoms. The van der Waals surface area contributed by atoms with Crippen LogP contribution in [0.3, 0.4) is 0 Å². The van der Waals surface area contributed by atoms with Crippen LogP contribution in [0.15, 0.2) is 46.9 Å². The molecule has 1 amide bonds. The summed E-state index contributed by atoms with van der Waals surface area (Å²) in [6, 6.07) is 12.6. The van der Waals surface area contributed by atoms with E-state index in [9.17, 15) is 13.2 Å². The smallest absolute Gasteiger partial charge is 0.241 e. The Balaban J connectivity index is 2.15. The minimum atomic E-state index is -3.58. The lowest BCUT2D eigenvalue weighted by atomic mass is 10.0. The molecule has 26 heavy (non-hydrogen) atoms. The standard InChI is InChI=1S/C19H23BrN2O3S/c1-13-5-10-18(14(2)11-13)15(3)21-19(23)12-22(26(4,24)25)17-8-6-16(20)7-9-17/h5-11,15H,12H2,1-4H3,(H,21,23)/t15-/m0/s1. The number of hydrogen-bond acceptors (Lipinski definition) is 3. The van der Waals surface area contributed by atoms with Crippen molar-refractivity contribution in [3.8, 4) is 0 Å².